The smallest absolute Gasteiger partial charge is 0.111 e. The second kappa shape index (κ2) is 4.91. The molecule has 0 aromatic rings. The molecule has 0 amide bonds. The molecule has 0 saturated carbocycles. The van der Waals surface area contributed by atoms with Gasteiger partial charge >= 0.3 is 0 Å². The summed E-state index contributed by atoms with van der Waals surface area (Å²) in [4.78, 5) is 0. The second-order valence-corrected chi connectivity index (χ2v) is 1.87. The molecule has 0 radical (unpaired) electrons. The summed E-state index contributed by atoms with van der Waals surface area (Å²) in [6, 6.07) is 0. The molecule has 0 rings (SSSR count). The molecule has 0 aliphatic carbocycles. The summed E-state index contributed by atoms with van der Waals surface area (Å²) in [6.45, 7) is 3.58. The Morgan fingerprint density at radius 1 is 1.88 bits per heavy atom. The van der Waals surface area contributed by atoms with Crippen molar-refractivity contribution < 1.29 is 4.74 Å². The zero-order chi connectivity index (χ0) is 6.41. The van der Waals surface area contributed by atoms with Crippen molar-refractivity contribution in [1.29, 1.82) is 0 Å². The molecule has 0 unspecified atom stereocenters. The van der Waals surface area contributed by atoms with Crippen molar-refractivity contribution in [1.82, 2.24) is 0 Å². The standard InChI is InChI=1S/C6H9BrO/c1-6(8-2)4-3-5-7/h3-4H,1,5H2,2H3/b4-3+. The van der Waals surface area contributed by atoms with Gasteiger partial charge in [0.15, 0.2) is 0 Å². The van der Waals surface area contributed by atoms with Crippen molar-refractivity contribution in [2.24, 2.45) is 0 Å². The Labute approximate surface area is 58.2 Å². The lowest BCUT2D eigenvalue weighted by Gasteiger charge is -1.92. The predicted molar refractivity (Wildman–Crippen MR) is 39.1 cm³/mol. The van der Waals surface area contributed by atoms with Gasteiger partial charge in [-0.1, -0.05) is 28.6 Å². The number of hydrogen-bond acceptors (Lipinski definition) is 1. The van der Waals surface area contributed by atoms with Crippen molar-refractivity contribution in [2.75, 3.05) is 12.4 Å². The van der Waals surface area contributed by atoms with E-state index in [0.29, 0.717) is 5.76 Å². The van der Waals surface area contributed by atoms with E-state index in [-0.39, 0.29) is 0 Å². The number of halogens is 1. The molecule has 0 heterocycles. The van der Waals surface area contributed by atoms with Gasteiger partial charge in [0.05, 0.1) is 7.11 Å². The van der Waals surface area contributed by atoms with Gasteiger partial charge in [0.1, 0.15) is 5.76 Å². The molecule has 0 aliphatic rings. The van der Waals surface area contributed by atoms with Crippen molar-refractivity contribution in [3.8, 4) is 0 Å². The summed E-state index contributed by atoms with van der Waals surface area (Å²) in [5.74, 6) is 0.685. The highest BCUT2D eigenvalue weighted by Gasteiger charge is 1.77. The third-order valence-electron chi connectivity index (χ3n) is 0.655. The highest BCUT2D eigenvalue weighted by molar-refractivity contribution is 9.09. The van der Waals surface area contributed by atoms with Crippen LogP contribution in [0.25, 0.3) is 0 Å². The van der Waals surface area contributed by atoms with Gasteiger partial charge in [0, 0.05) is 5.33 Å². The molecular formula is C6H9BrO. The molecule has 0 aromatic carbocycles. The molecule has 8 heavy (non-hydrogen) atoms. The number of hydrogen-bond donors (Lipinski definition) is 0. The number of methoxy groups -OCH3 is 1. The number of rotatable bonds is 3. The first-order valence-electron chi connectivity index (χ1n) is 2.26. The molecule has 0 N–H and O–H groups in total. The average Bonchev–Trinajstić information content (AvgIpc) is 1.83. The zero-order valence-electron chi connectivity index (χ0n) is 4.86. The van der Waals surface area contributed by atoms with Crippen LogP contribution in [0.4, 0.5) is 0 Å². The highest BCUT2D eigenvalue weighted by Crippen LogP contribution is 1.92. The van der Waals surface area contributed by atoms with Crippen molar-refractivity contribution in [2.45, 2.75) is 0 Å². The topological polar surface area (TPSA) is 9.23 Å². The van der Waals surface area contributed by atoms with E-state index >= 15 is 0 Å². The Morgan fingerprint density at radius 3 is 2.88 bits per heavy atom. The van der Waals surface area contributed by atoms with Gasteiger partial charge in [-0.3, -0.25) is 0 Å². The van der Waals surface area contributed by atoms with Gasteiger partial charge in [0.25, 0.3) is 0 Å². The molecule has 0 aliphatic heterocycles. The lowest BCUT2D eigenvalue weighted by molar-refractivity contribution is 0.309. The molecule has 0 spiro atoms. The van der Waals surface area contributed by atoms with Gasteiger partial charge in [-0.25, -0.2) is 0 Å². The fourth-order valence-corrected chi connectivity index (χ4v) is 0.431. The largest absolute Gasteiger partial charge is 0.497 e. The van der Waals surface area contributed by atoms with Crippen molar-refractivity contribution >= 4 is 15.9 Å². The van der Waals surface area contributed by atoms with Gasteiger partial charge in [-0.2, -0.15) is 0 Å². The van der Waals surface area contributed by atoms with E-state index in [0.717, 1.165) is 5.33 Å². The van der Waals surface area contributed by atoms with Crippen molar-refractivity contribution in [3.05, 3.63) is 24.5 Å². The third-order valence-corrected chi connectivity index (χ3v) is 1.03. The van der Waals surface area contributed by atoms with Crippen LogP contribution in [0.2, 0.25) is 0 Å². The minimum atomic E-state index is 0.685. The third kappa shape index (κ3) is 3.93. The lowest BCUT2D eigenvalue weighted by atomic mass is 10.5. The maximum atomic E-state index is 4.75. The molecule has 0 fully saturated rings. The van der Waals surface area contributed by atoms with Crippen LogP contribution >= 0.6 is 15.9 Å². The number of alkyl halides is 1. The fraction of sp³-hybridized carbons (Fsp3) is 0.333. The lowest BCUT2D eigenvalue weighted by Crippen LogP contribution is -1.76. The van der Waals surface area contributed by atoms with E-state index in [1.54, 1.807) is 7.11 Å². The normalized spacial score (nSPS) is 9.75. The summed E-state index contributed by atoms with van der Waals surface area (Å²) in [5.41, 5.74) is 0. The summed E-state index contributed by atoms with van der Waals surface area (Å²) in [6.07, 6.45) is 3.74. The van der Waals surface area contributed by atoms with Crippen LogP contribution in [0.5, 0.6) is 0 Å². The van der Waals surface area contributed by atoms with Crippen LogP contribution < -0.4 is 0 Å². The van der Waals surface area contributed by atoms with Crippen LogP contribution in [-0.4, -0.2) is 12.4 Å². The van der Waals surface area contributed by atoms with E-state index in [4.69, 9.17) is 4.74 Å². The van der Waals surface area contributed by atoms with E-state index in [1.807, 2.05) is 12.2 Å². The Balaban J connectivity index is 3.37. The zero-order valence-corrected chi connectivity index (χ0v) is 6.44. The van der Waals surface area contributed by atoms with E-state index < -0.39 is 0 Å². The van der Waals surface area contributed by atoms with Crippen molar-refractivity contribution in [3.63, 3.8) is 0 Å². The summed E-state index contributed by atoms with van der Waals surface area (Å²) < 4.78 is 4.75. The first kappa shape index (κ1) is 7.76. The van der Waals surface area contributed by atoms with Crippen LogP contribution in [-0.2, 0) is 4.74 Å². The summed E-state index contributed by atoms with van der Waals surface area (Å²) in [7, 11) is 1.60. The number of ether oxygens (including phenoxy) is 1. The monoisotopic (exact) mass is 176 g/mol. The highest BCUT2D eigenvalue weighted by atomic mass is 79.9. The predicted octanol–water partition coefficient (Wildman–Crippen LogP) is 2.10. The molecule has 46 valence electrons. The summed E-state index contributed by atoms with van der Waals surface area (Å²) in [5, 5.41) is 0.843. The van der Waals surface area contributed by atoms with Crippen LogP contribution in [0.3, 0.4) is 0 Å². The Kier molecular flexibility index (Phi) is 4.76. The van der Waals surface area contributed by atoms with Gasteiger partial charge < -0.3 is 4.74 Å². The summed E-state index contributed by atoms with van der Waals surface area (Å²) >= 11 is 3.22. The minimum Gasteiger partial charge on any atom is -0.497 e. The van der Waals surface area contributed by atoms with Crippen LogP contribution in [0, 0.1) is 0 Å². The fourth-order valence-electron chi connectivity index (χ4n) is 0.244. The van der Waals surface area contributed by atoms with E-state index in [9.17, 15) is 0 Å². The Morgan fingerprint density at radius 2 is 2.50 bits per heavy atom. The first-order valence-corrected chi connectivity index (χ1v) is 3.38. The number of allylic oxidation sites excluding steroid dienone is 2. The second-order valence-electron chi connectivity index (χ2n) is 1.23. The maximum absolute atomic E-state index is 4.75. The molecule has 0 saturated heterocycles. The van der Waals surface area contributed by atoms with Crippen LogP contribution in [0.15, 0.2) is 24.5 Å². The Hall–Kier alpha value is -0.240. The average molecular weight is 177 g/mol. The molecule has 0 aromatic heterocycles. The Bertz CT molecular complexity index is 96.7. The molecule has 0 atom stereocenters. The van der Waals surface area contributed by atoms with Crippen LogP contribution in [0.1, 0.15) is 0 Å². The SMILES string of the molecule is C=C(/C=C/CBr)OC. The van der Waals surface area contributed by atoms with Gasteiger partial charge in [-0.15, -0.1) is 0 Å². The molecule has 0 bridgehead atoms. The van der Waals surface area contributed by atoms with E-state index in [2.05, 4.69) is 22.5 Å². The maximum Gasteiger partial charge on any atom is 0.111 e. The minimum absolute atomic E-state index is 0.685. The van der Waals surface area contributed by atoms with E-state index in [1.165, 1.54) is 0 Å². The molecule has 1 nitrogen and oxygen atoms in total. The molecular weight excluding hydrogens is 168 g/mol. The van der Waals surface area contributed by atoms with Gasteiger partial charge in [-0.05, 0) is 6.08 Å². The quantitative estimate of drug-likeness (QED) is 0.364. The molecule has 2 heteroatoms. The first-order chi connectivity index (χ1) is 3.81. The van der Waals surface area contributed by atoms with Gasteiger partial charge in [0.2, 0.25) is 0 Å².